The maximum absolute atomic E-state index is 12.2. The van der Waals surface area contributed by atoms with Crippen LogP contribution in [0.4, 0.5) is 15.3 Å². The predicted molar refractivity (Wildman–Crippen MR) is 210 cm³/mol. The predicted octanol–water partition coefficient (Wildman–Crippen LogP) is 6.71. The number of nitrogen functional groups attached to an aromatic ring is 1. The van der Waals surface area contributed by atoms with Crippen molar-refractivity contribution in [3.8, 4) is 0 Å². The highest BCUT2D eigenvalue weighted by molar-refractivity contribution is 9.10. The Labute approximate surface area is 323 Å². The molecule has 0 saturated carbocycles. The number of Topliss-reactive ketones (excluding diaryl/α,β-unsaturated/α-hetero) is 1. The van der Waals surface area contributed by atoms with Gasteiger partial charge in [0.2, 0.25) is 0 Å². The lowest BCUT2D eigenvalue weighted by Crippen LogP contribution is -2.46. The molecule has 0 aliphatic rings. The SMILES string of the molecule is CC(C)(C)OC(=O)N[C@@H](CO)C(=O)O.CCO.Cc1cc(CC(=O)[C@H](CO)NC(=O)OC(C)(C)C)ccc1Br.Cc1cc(N)ccc1Br.[2H]CC.[3H]C. The smallest absolute Gasteiger partial charge is 0.408 e. The molecule has 2 atom stereocenters. The van der Waals surface area contributed by atoms with Crippen molar-refractivity contribution < 1.29 is 51.8 Å². The summed E-state index contributed by atoms with van der Waals surface area (Å²) in [6, 6.07) is 9.04. The quantitative estimate of drug-likeness (QED) is 0.138. The number of ether oxygens (including phenoxy) is 2. The van der Waals surface area contributed by atoms with Crippen LogP contribution in [-0.4, -0.2) is 87.5 Å². The molecule has 51 heavy (non-hydrogen) atoms. The minimum absolute atomic E-state index is 0.134. The number of nitrogens with one attached hydrogen (secondary N) is 2. The molecule has 0 heterocycles. The summed E-state index contributed by atoms with van der Waals surface area (Å²) >= 11 is 6.77. The summed E-state index contributed by atoms with van der Waals surface area (Å²) in [5, 5.41) is 38.4. The number of ketones is 1. The van der Waals surface area contributed by atoms with Gasteiger partial charge in [0.25, 0.3) is 0 Å². The van der Waals surface area contributed by atoms with E-state index in [1.165, 1.54) is 13.0 Å². The maximum Gasteiger partial charge on any atom is 0.408 e. The van der Waals surface area contributed by atoms with Gasteiger partial charge in [0.15, 0.2) is 11.8 Å². The molecule has 2 amide bonds. The van der Waals surface area contributed by atoms with Crippen LogP contribution in [0, 0.1) is 13.8 Å². The van der Waals surface area contributed by atoms with Gasteiger partial charge in [-0.15, -0.1) is 0 Å². The average molecular weight is 859 g/mol. The van der Waals surface area contributed by atoms with Gasteiger partial charge in [0.1, 0.15) is 17.2 Å². The van der Waals surface area contributed by atoms with Crippen LogP contribution in [0.15, 0.2) is 45.3 Å². The molecule has 0 aliphatic heterocycles. The molecule has 0 radical (unpaired) electrons. The molecule has 15 heteroatoms. The van der Waals surface area contributed by atoms with E-state index in [-0.39, 0.29) is 18.8 Å². The van der Waals surface area contributed by atoms with Crippen molar-refractivity contribution in [2.45, 2.75) is 113 Å². The number of amides is 2. The van der Waals surface area contributed by atoms with Gasteiger partial charge >= 0.3 is 18.2 Å². The fourth-order valence-electron chi connectivity index (χ4n) is 3.12. The lowest BCUT2D eigenvalue weighted by Gasteiger charge is -2.22. The van der Waals surface area contributed by atoms with Gasteiger partial charge in [-0.05, 0) is 103 Å². The fraction of sp³-hybridized carbons (Fsp3) is 0.556. The molecule has 0 spiro atoms. The number of aliphatic hydroxyl groups excluding tert-OH is 3. The minimum Gasteiger partial charge on any atom is -0.480 e. The molecule has 0 aromatic heterocycles. The second kappa shape index (κ2) is 28.4. The average Bonchev–Trinajstić information content (AvgIpc) is 3.03. The number of nitrogens with two attached hydrogens (primary N) is 1. The summed E-state index contributed by atoms with van der Waals surface area (Å²) in [5.41, 5.74) is 8.00. The number of benzene rings is 2. The molecule has 13 nitrogen and oxygen atoms in total. The third kappa shape index (κ3) is 29.1. The molecule has 0 aliphatic carbocycles. The Balaban J connectivity index is -0.000000330. The van der Waals surface area contributed by atoms with E-state index in [1.807, 2.05) is 55.6 Å². The van der Waals surface area contributed by atoms with Crippen molar-refractivity contribution in [3.63, 3.8) is 0 Å². The number of halogens is 2. The zero-order valence-electron chi connectivity index (χ0n) is 33.7. The van der Waals surface area contributed by atoms with Gasteiger partial charge in [-0.2, -0.15) is 0 Å². The van der Waals surface area contributed by atoms with Gasteiger partial charge in [0, 0.05) is 30.4 Å². The van der Waals surface area contributed by atoms with E-state index in [0.29, 0.717) is 6.90 Å². The fourth-order valence-corrected chi connectivity index (χ4v) is 3.62. The number of aryl methyl sites for hydroxylation is 2. The van der Waals surface area contributed by atoms with Crippen LogP contribution in [0.2, 0.25) is 0 Å². The molecule has 0 fully saturated rings. The number of carbonyl (C=O) groups is 4. The van der Waals surface area contributed by atoms with E-state index in [0.717, 1.165) is 25.8 Å². The lowest BCUT2D eigenvalue weighted by molar-refractivity contribution is -0.140. The van der Waals surface area contributed by atoms with Gasteiger partial charge in [-0.3, -0.25) is 4.79 Å². The molecule has 2 aromatic rings. The summed E-state index contributed by atoms with van der Waals surface area (Å²) in [6.07, 6.45) is -1.44. The van der Waals surface area contributed by atoms with Gasteiger partial charge in [-0.25, -0.2) is 14.4 Å². The number of hydrogen-bond acceptors (Lipinski definition) is 10. The summed E-state index contributed by atoms with van der Waals surface area (Å²) < 4.78 is 23.9. The Morgan fingerprint density at radius 3 is 1.55 bits per heavy atom. The lowest BCUT2D eigenvalue weighted by atomic mass is 10.0. The van der Waals surface area contributed by atoms with Crippen molar-refractivity contribution >= 4 is 61.5 Å². The van der Waals surface area contributed by atoms with Crippen LogP contribution in [0.25, 0.3) is 0 Å². The topological polar surface area (TPSA) is 218 Å². The molecule has 2 aromatic carbocycles. The first-order valence-corrected chi connectivity index (χ1v) is 17.1. The molecule has 0 saturated heterocycles. The molecule has 2 rings (SSSR count). The standard InChI is InChI=1S/C16H22BrNO4.C8H15NO5.C7H8BrN.C2H6O.C2H6.CH4/c1-10-7-11(5-6-12(10)17)8-14(20)13(9-19)18-15(21)22-16(2,3)4;1-8(2,3)14-7(13)9-5(4-10)6(11)12;1-5-4-6(9)2-3-7(5)8;1-2-3;1-2;/h5-7,13,19H,8-9H2,1-4H3,(H,18,21);5,10H,4H2,1-3H3,(H,9,13)(H,11,12);2-4H,9H2,1H3;3H,2H2,1H3;1-2H3;1H4/t13-;5-;;;;/m00..../s1/i;;;;1D;1T. The van der Waals surface area contributed by atoms with Crippen LogP contribution in [0.3, 0.4) is 0 Å². The number of aliphatic carboxylic acids is 1. The minimum atomic E-state index is -1.33. The first-order chi connectivity index (χ1) is 24.4. The van der Waals surface area contributed by atoms with E-state index < -0.39 is 54.7 Å². The number of carboxylic acid groups (broad SMARTS) is 1. The molecule has 0 unspecified atom stereocenters. The van der Waals surface area contributed by atoms with Gasteiger partial charge in [0.05, 0.1) is 13.2 Å². The van der Waals surface area contributed by atoms with Crippen LogP contribution in [-0.2, 0) is 25.5 Å². The molecular formula is C36H61Br2N3O10. The highest BCUT2D eigenvalue weighted by Gasteiger charge is 2.24. The Hall–Kier alpha value is -3.24. The van der Waals surface area contributed by atoms with Crippen LogP contribution in [0.5, 0.6) is 0 Å². The second-order valence-corrected chi connectivity index (χ2v) is 13.9. The van der Waals surface area contributed by atoms with Gasteiger partial charge < -0.3 is 46.3 Å². The van der Waals surface area contributed by atoms with E-state index >= 15 is 0 Å². The van der Waals surface area contributed by atoms with E-state index in [4.69, 9.17) is 33.3 Å². The number of aliphatic hydroxyl groups is 3. The maximum atomic E-state index is 12.2. The number of rotatable bonds is 8. The Kier molecular flexibility index (Phi) is 27.7. The highest BCUT2D eigenvalue weighted by Crippen LogP contribution is 2.18. The van der Waals surface area contributed by atoms with E-state index in [1.54, 1.807) is 55.4 Å². The second-order valence-electron chi connectivity index (χ2n) is 12.2. The van der Waals surface area contributed by atoms with Crippen LogP contribution in [0.1, 0.15) is 89.1 Å². The van der Waals surface area contributed by atoms with E-state index in [9.17, 15) is 24.3 Å². The summed E-state index contributed by atoms with van der Waals surface area (Å²) in [5.74, 6) is -1.58. The highest BCUT2D eigenvalue weighted by atomic mass is 79.9. The number of carboxylic acids is 1. The third-order valence-corrected chi connectivity index (χ3v) is 7.00. The molecule has 0 bridgehead atoms. The molecule has 294 valence electrons. The number of hydrogen-bond donors (Lipinski definition) is 7. The van der Waals surface area contributed by atoms with Crippen molar-refractivity contribution in [2.75, 3.05) is 25.6 Å². The molecular weight excluding hydrogens is 794 g/mol. The first kappa shape index (κ1) is 49.9. The monoisotopic (exact) mass is 856 g/mol. The van der Waals surface area contributed by atoms with Crippen molar-refractivity contribution in [2.24, 2.45) is 0 Å². The van der Waals surface area contributed by atoms with Crippen molar-refractivity contribution in [3.05, 3.63) is 62.0 Å². The first-order valence-electron chi connectivity index (χ1n) is 17.2. The van der Waals surface area contributed by atoms with Crippen LogP contribution < -0.4 is 16.4 Å². The molecule has 8 N–H and O–H groups in total. The zero-order valence-corrected chi connectivity index (χ0v) is 34.9. The number of alkyl carbamates (subject to hydrolysis) is 2. The van der Waals surface area contributed by atoms with Gasteiger partial charge in [-0.1, -0.05) is 65.2 Å². The number of carbonyl (C=O) groups excluding carboxylic acids is 3. The number of anilines is 1. The van der Waals surface area contributed by atoms with Crippen molar-refractivity contribution in [1.82, 2.24) is 10.6 Å². The van der Waals surface area contributed by atoms with E-state index in [2.05, 4.69) is 37.2 Å². The van der Waals surface area contributed by atoms with Crippen molar-refractivity contribution in [1.29, 1.82) is 0 Å². The normalized spacial score (nSPS) is 11.6. The Morgan fingerprint density at radius 2 is 1.24 bits per heavy atom. The Bertz CT molecular complexity index is 1340. The zero-order chi connectivity index (χ0) is 42.5. The van der Waals surface area contributed by atoms with Crippen LogP contribution >= 0.6 is 31.9 Å². The summed E-state index contributed by atoms with van der Waals surface area (Å²) in [4.78, 5) is 45.3. The summed E-state index contributed by atoms with van der Waals surface area (Å²) in [7, 11) is 1.25. The third-order valence-electron chi connectivity index (χ3n) is 5.22. The summed E-state index contributed by atoms with van der Waals surface area (Å²) in [6.45, 7) is 17.2. The Morgan fingerprint density at radius 1 is 0.863 bits per heavy atom. The largest absolute Gasteiger partial charge is 0.480 e.